The number of aromatic hydroxyl groups is 2. The third kappa shape index (κ3) is 2.19. The Morgan fingerprint density at radius 1 is 1.47 bits per heavy atom. The van der Waals surface area contributed by atoms with Crippen molar-refractivity contribution in [3.05, 3.63) is 23.8 Å². The Kier molecular flexibility index (Phi) is 3.19. The zero-order valence-corrected chi connectivity index (χ0v) is 9.47. The maximum atomic E-state index is 12.1. The van der Waals surface area contributed by atoms with Gasteiger partial charge in [-0.15, -0.1) is 0 Å². The van der Waals surface area contributed by atoms with E-state index in [1.54, 1.807) is 11.0 Å². The Morgan fingerprint density at radius 2 is 2.24 bits per heavy atom. The molecule has 5 heteroatoms. The highest BCUT2D eigenvalue weighted by molar-refractivity contribution is 5.97. The quantitative estimate of drug-likeness (QED) is 0.653. The Balaban J connectivity index is 2.18. The zero-order valence-electron chi connectivity index (χ0n) is 9.47. The lowest BCUT2D eigenvalue weighted by Gasteiger charge is -2.17. The van der Waals surface area contributed by atoms with E-state index in [1.807, 2.05) is 0 Å². The monoisotopic (exact) mass is 236 g/mol. The lowest BCUT2D eigenvalue weighted by atomic mass is 10.1. The smallest absolute Gasteiger partial charge is 0.257 e. The summed E-state index contributed by atoms with van der Waals surface area (Å²) in [6, 6.07) is 4.39. The molecule has 1 aliphatic rings. The summed E-state index contributed by atoms with van der Waals surface area (Å²) in [5.41, 5.74) is 5.70. The number of carbonyl (C=O) groups is 1. The number of hydrogen-bond acceptors (Lipinski definition) is 4. The van der Waals surface area contributed by atoms with E-state index in [-0.39, 0.29) is 23.0 Å². The van der Waals surface area contributed by atoms with Crippen LogP contribution < -0.4 is 5.73 Å². The number of phenols is 2. The normalized spacial score (nSPS) is 19.6. The van der Waals surface area contributed by atoms with E-state index < -0.39 is 0 Å². The van der Waals surface area contributed by atoms with Crippen molar-refractivity contribution in [1.82, 2.24) is 4.90 Å². The largest absolute Gasteiger partial charge is 0.504 e. The summed E-state index contributed by atoms with van der Waals surface area (Å²) in [4.78, 5) is 13.8. The average Bonchev–Trinajstić information content (AvgIpc) is 2.80. The summed E-state index contributed by atoms with van der Waals surface area (Å²) in [7, 11) is 0. The van der Waals surface area contributed by atoms with Gasteiger partial charge in [0.05, 0.1) is 5.56 Å². The van der Waals surface area contributed by atoms with Crippen molar-refractivity contribution >= 4 is 5.91 Å². The van der Waals surface area contributed by atoms with E-state index in [2.05, 4.69) is 0 Å². The highest BCUT2D eigenvalue weighted by atomic mass is 16.3. The highest BCUT2D eigenvalue weighted by Crippen LogP contribution is 2.30. The fraction of sp³-hybridized carbons (Fsp3) is 0.417. The van der Waals surface area contributed by atoms with Gasteiger partial charge in [-0.25, -0.2) is 0 Å². The van der Waals surface area contributed by atoms with Gasteiger partial charge < -0.3 is 20.8 Å². The van der Waals surface area contributed by atoms with Crippen molar-refractivity contribution < 1.29 is 15.0 Å². The minimum atomic E-state index is -0.353. The Morgan fingerprint density at radius 3 is 2.88 bits per heavy atom. The van der Waals surface area contributed by atoms with Crippen LogP contribution in [0.4, 0.5) is 0 Å². The zero-order chi connectivity index (χ0) is 12.4. The second kappa shape index (κ2) is 4.63. The van der Waals surface area contributed by atoms with Crippen LogP contribution in [0.5, 0.6) is 11.5 Å². The molecule has 1 saturated heterocycles. The lowest BCUT2D eigenvalue weighted by Crippen LogP contribution is -2.29. The molecule has 0 aromatic heterocycles. The van der Waals surface area contributed by atoms with Gasteiger partial charge in [0.15, 0.2) is 11.5 Å². The van der Waals surface area contributed by atoms with Crippen LogP contribution in [0.1, 0.15) is 16.8 Å². The summed E-state index contributed by atoms with van der Waals surface area (Å²) in [6.07, 6.45) is 0.891. The number of benzene rings is 1. The first-order chi connectivity index (χ1) is 8.13. The Bertz CT molecular complexity index is 434. The second-order valence-electron chi connectivity index (χ2n) is 4.31. The van der Waals surface area contributed by atoms with Crippen LogP contribution in [0.25, 0.3) is 0 Å². The van der Waals surface area contributed by atoms with Crippen LogP contribution in [-0.4, -0.2) is 40.7 Å². The first kappa shape index (κ1) is 11.7. The third-order valence-electron chi connectivity index (χ3n) is 3.15. The maximum Gasteiger partial charge on any atom is 0.257 e. The maximum absolute atomic E-state index is 12.1. The first-order valence-electron chi connectivity index (χ1n) is 5.63. The van der Waals surface area contributed by atoms with Crippen molar-refractivity contribution in [1.29, 1.82) is 0 Å². The van der Waals surface area contributed by atoms with Gasteiger partial charge in [0, 0.05) is 13.1 Å². The average molecular weight is 236 g/mol. The predicted molar refractivity (Wildman–Crippen MR) is 62.8 cm³/mol. The van der Waals surface area contributed by atoms with Gasteiger partial charge >= 0.3 is 0 Å². The highest BCUT2D eigenvalue weighted by Gasteiger charge is 2.27. The number of nitrogens with two attached hydrogens (primary N) is 1. The molecule has 4 N–H and O–H groups in total. The molecule has 1 aliphatic heterocycles. The molecule has 17 heavy (non-hydrogen) atoms. The van der Waals surface area contributed by atoms with E-state index in [0.29, 0.717) is 25.6 Å². The van der Waals surface area contributed by atoms with Crippen LogP contribution in [-0.2, 0) is 0 Å². The number of amides is 1. The van der Waals surface area contributed by atoms with E-state index >= 15 is 0 Å². The molecule has 0 aliphatic carbocycles. The molecule has 2 rings (SSSR count). The molecule has 0 spiro atoms. The van der Waals surface area contributed by atoms with Crippen LogP contribution >= 0.6 is 0 Å². The number of likely N-dealkylation sites (tertiary alicyclic amines) is 1. The van der Waals surface area contributed by atoms with Gasteiger partial charge in [0.25, 0.3) is 5.91 Å². The number of rotatable bonds is 2. The van der Waals surface area contributed by atoms with Gasteiger partial charge in [-0.05, 0) is 31.0 Å². The molecule has 1 unspecified atom stereocenters. The predicted octanol–water partition coefficient (Wildman–Crippen LogP) is 0.519. The van der Waals surface area contributed by atoms with E-state index in [4.69, 9.17) is 5.73 Å². The molecule has 1 aromatic carbocycles. The van der Waals surface area contributed by atoms with Gasteiger partial charge in [0.2, 0.25) is 0 Å². The molecule has 1 heterocycles. The van der Waals surface area contributed by atoms with Crippen LogP contribution in [0.15, 0.2) is 18.2 Å². The fourth-order valence-corrected chi connectivity index (χ4v) is 2.08. The number of para-hydroxylation sites is 1. The van der Waals surface area contributed by atoms with Crippen LogP contribution in [0, 0.1) is 5.92 Å². The summed E-state index contributed by atoms with van der Waals surface area (Å²) in [5, 5.41) is 19.0. The molecule has 92 valence electrons. The molecule has 1 aromatic rings. The Hall–Kier alpha value is -1.75. The second-order valence-corrected chi connectivity index (χ2v) is 4.31. The molecule has 0 radical (unpaired) electrons. The molecule has 5 nitrogen and oxygen atoms in total. The number of nitrogens with zero attached hydrogens (tertiary/aromatic N) is 1. The molecular formula is C12H16N2O3. The molecular weight excluding hydrogens is 220 g/mol. The van der Waals surface area contributed by atoms with Crippen molar-refractivity contribution in [2.45, 2.75) is 6.42 Å². The Labute approximate surface area is 99.5 Å². The summed E-state index contributed by atoms with van der Waals surface area (Å²) < 4.78 is 0. The molecule has 1 atom stereocenters. The SMILES string of the molecule is NCC1CCN(C(=O)c2cccc(O)c2O)C1. The number of hydrogen-bond donors (Lipinski definition) is 3. The van der Waals surface area contributed by atoms with Crippen molar-refractivity contribution in [3.63, 3.8) is 0 Å². The number of carbonyl (C=O) groups excluding carboxylic acids is 1. The fourth-order valence-electron chi connectivity index (χ4n) is 2.08. The van der Waals surface area contributed by atoms with Crippen LogP contribution in [0.3, 0.4) is 0 Å². The molecule has 1 fully saturated rings. The number of phenolic OH excluding ortho intramolecular Hbond substituents is 2. The van der Waals surface area contributed by atoms with E-state index in [0.717, 1.165) is 6.42 Å². The standard InChI is InChI=1S/C12H16N2O3/c13-6-8-4-5-14(7-8)12(17)9-2-1-3-10(15)11(9)16/h1-3,8,15-16H,4-7,13H2. The van der Waals surface area contributed by atoms with Gasteiger partial charge in [0.1, 0.15) is 0 Å². The van der Waals surface area contributed by atoms with E-state index in [1.165, 1.54) is 12.1 Å². The topological polar surface area (TPSA) is 86.8 Å². The van der Waals surface area contributed by atoms with Gasteiger partial charge in [-0.2, -0.15) is 0 Å². The van der Waals surface area contributed by atoms with Crippen molar-refractivity contribution in [2.24, 2.45) is 11.7 Å². The molecule has 1 amide bonds. The van der Waals surface area contributed by atoms with Crippen molar-refractivity contribution in [3.8, 4) is 11.5 Å². The van der Waals surface area contributed by atoms with Crippen molar-refractivity contribution in [2.75, 3.05) is 19.6 Å². The summed E-state index contributed by atoms with van der Waals surface area (Å²) >= 11 is 0. The third-order valence-corrected chi connectivity index (χ3v) is 3.15. The van der Waals surface area contributed by atoms with E-state index in [9.17, 15) is 15.0 Å². The summed E-state index contributed by atoms with van der Waals surface area (Å²) in [6.45, 7) is 1.83. The summed E-state index contributed by atoms with van der Waals surface area (Å²) in [5.74, 6) is -0.549. The minimum absolute atomic E-state index is 0.141. The van der Waals surface area contributed by atoms with Crippen LogP contribution in [0.2, 0.25) is 0 Å². The molecule has 0 bridgehead atoms. The van der Waals surface area contributed by atoms with Gasteiger partial charge in [-0.1, -0.05) is 6.07 Å². The minimum Gasteiger partial charge on any atom is -0.504 e. The lowest BCUT2D eigenvalue weighted by molar-refractivity contribution is 0.0784. The molecule has 0 saturated carbocycles. The first-order valence-corrected chi connectivity index (χ1v) is 5.63. The van der Waals surface area contributed by atoms with Gasteiger partial charge in [-0.3, -0.25) is 4.79 Å².